The molecule has 2 fully saturated rings. The Kier molecular flexibility index (Phi) is 5.32. The summed E-state index contributed by atoms with van der Waals surface area (Å²) in [7, 11) is 0. The SMILES string of the molecule is CC(=O)OC1CC(c2cccc(C(F)(F)F)c2)CN(C(=O)N2CC(O)C2)C1. The molecule has 0 bridgehead atoms. The van der Waals surface area contributed by atoms with Gasteiger partial charge in [-0.2, -0.15) is 13.2 Å². The zero-order valence-electron chi connectivity index (χ0n) is 14.8. The average Bonchev–Trinajstić information content (AvgIpc) is 2.57. The summed E-state index contributed by atoms with van der Waals surface area (Å²) in [6.07, 6.45) is -5.26. The summed E-state index contributed by atoms with van der Waals surface area (Å²) in [5.41, 5.74) is -0.304. The van der Waals surface area contributed by atoms with Crippen molar-refractivity contribution in [2.75, 3.05) is 26.2 Å². The Morgan fingerprint density at radius 2 is 1.81 bits per heavy atom. The van der Waals surface area contributed by atoms with Crippen LogP contribution in [-0.2, 0) is 15.7 Å². The number of esters is 1. The van der Waals surface area contributed by atoms with Crippen LogP contribution in [0, 0.1) is 0 Å². The molecule has 3 rings (SSSR count). The first-order valence-corrected chi connectivity index (χ1v) is 8.69. The van der Waals surface area contributed by atoms with E-state index in [-0.39, 0.29) is 38.1 Å². The molecule has 0 spiro atoms. The predicted molar refractivity (Wildman–Crippen MR) is 88.9 cm³/mol. The summed E-state index contributed by atoms with van der Waals surface area (Å²) in [4.78, 5) is 26.9. The van der Waals surface area contributed by atoms with Crippen molar-refractivity contribution in [2.24, 2.45) is 0 Å². The number of hydrogen-bond donors (Lipinski definition) is 1. The van der Waals surface area contributed by atoms with Gasteiger partial charge in [-0.25, -0.2) is 4.79 Å². The van der Waals surface area contributed by atoms with Crippen molar-refractivity contribution in [1.29, 1.82) is 0 Å². The van der Waals surface area contributed by atoms with Gasteiger partial charge in [-0.05, 0) is 18.1 Å². The molecular formula is C18H21F3N2O4. The van der Waals surface area contributed by atoms with Crippen LogP contribution in [0.2, 0.25) is 0 Å². The highest BCUT2D eigenvalue weighted by molar-refractivity contribution is 5.76. The number of rotatable bonds is 2. The molecular weight excluding hydrogens is 365 g/mol. The van der Waals surface area contributed by atoms with E-state index in [1.54, 1.807) is 6.07 Å². The van der Waals surface area contributed by atoms with Crippen molar-refractivity contribution in [1.82, 2.24) is 9.80 Å². The quantitative estimate of drug-likeness (QED) is 0.792. The number of likely N-dealkylation sites (tertiary alicyclic amines) is 2. The second-order valence-electron chi connectivity index (χ2n) is 7.03. The van der Waals surface area contributed by atoms with Crippen molar-refractivity contribution < 1.29 is 32.6 Å². The number of β-amino-alcohol motifs (C(OH)–C–C–N with tert-alkyl or cyclic N) is 1. The van der Waals surface area contributed by atoms with Crippen LogP contribution in [-0.4, -0.2) is 65.3 Å². The van der Waals surface area contributed by atoms with Crippen LogP contribution in [0.4, 0.5) is 18.0 Å². The second kappa shape index (κ2) is 7.38. The topological polar surface area (TPSA) is 70.1 Å². The number of ether oxygens (including phenoxy) is 1. The molecule has 1 aromatic rings. The standard InChI is InChI=1S/C18H21F3N2O4/c1-11(24)27-16-6-13(12-3-2-4-14(5-12)18(19,20)21)7-22(10-16)17(26)23-8-15(25)9-23/h2-5,13,15-16,25H,6-10H2,1H3. The third-order valence-corrected chi connectivity index (χ3v) is 4.83. The molecule has 0 aromatic heterocycles. The highest BCUT2D eigenvalue weighted by atomic mass is 19.4. The molecule has 2 aliphatic rings. The number of carbonyl (C=O) groups excluding carboxylic acids is 2. The van der Waals surface area contributed by atoms with E-state index in [1.807, 2.05) is 0 Å². The van der Waals surface area contributed by atoms with Crippen LogP contribution >= 0.6 is 0 Å². The Morgan fingerprint density at radius 3 is 2.41 bits per heavy atom. The number of aliphatic hydroxyl groups excluding tert-OH is 1. The Bertz CT molecular complexity index is 719. The van der Waals surface area contributed by atoms with Gasteiger partial charge in [-0.3, -0.25) is 4.79 Å². The van der Waals surface area contributed by atoms with Crippen molar-refractivity contribution >= 4 is 12.0 Å². The van der Waals surface area contributed by atoms with Crippen molar-refractivity contribution in [3.8, 4) is 0 Å². The molecule has 2 amide bonds. The van der Waals surface area contributed by atoms with Crippen LogP contribution in [0.5, 0.6) is 0 Å². The van der Waals surface area contributed by atoms with Gasteiger partial charge in [-0.1, -0.05) is 18.2 Å². The van der Waals surface area contributed by atoms with Crippen LogP contribution in [0.15, 0.2) is 24.3 Å². The van der Waals surface area contributed by atoms with Gasteiger partial charge >= 0.3 is 18.2 Å². The minimum absolute atomic E-state index is 0.181. The van der Waals surface area contributed by atoms with Gasteiger partial charge in [0, 0.05) is 19.4 Å². The van der Waals surface area contributed by atoms with E-state index >= 15 is 0 Å². The van der Waals surface area contributed by atoms with E-state index in [0.717, 1.165) is 12.1 Å². The van der Waals surface area contributed by atoms with Crippen LogP contribution in [0.3, 0.4) is 0 Å². The fourth-order valence-electron chi connectivity index (χ4n) is 3.55. The normalized spacial score (nSPS) is 23.7. The Labute approximate surface area is 154 Å². The molecule has 6 nitrogen and oxygen atoms in total. The minimum Gasteiger partial charge on any atom is -0.461 e. The third kappa shape index (κ3) is 4.52. The molecule has 27 heavy (non-hydrogen) atoms. The van der Waals surface area contributed by atoms with Crippen LogP contribution in [0.1, 0.15) is 30.4 Å². The first-order valence-electron chi connectivity index (χ1n) is 8.69. The maximum atomic E-state index is 13.0. The third-order valence-electron chi connectivity index (χ3n) is 4.83. The molecule has 2 atom stereocenters. The number of alkyl halides is 3. The summed E-state index contributed by atoms with van der Waals surface area (Å²) in [5, 5.41) is 9.39. The second-order valence-corrected chi connectivity index (χ2v) is 7.03. The maximum Gasteiger partial charge on any atom is 0.416 e. The molecule has 0 aliphatic carbocycles. The van der Waals surface area contributed by atoms with Gasteiger partial charge in [0.05, 0.1) is 31.3 Å². The average molecular weight is 386 g/mol. The molecule has 2 heterocycles. The lowest BCUT2D eigenvalue weighted by Crippen LogP contribution is -2.60. The monoisotopic (exact) mass is 386 g/mol. The smallest absolute Gasteiger partial charge is 0.416 e. The summed E-state index contributed by atoms with van der Waals surface area (Å²) in [6, 6.07) is 4.70. The summed E-state index contributed by atoms with van der Waals surface area (Å²) >= 11 is 0. The van der Waals surface area contributed by atoms with Crippen LogP contribution in [0.25, 0.3) is 0 Å². The van der Waals surface area contributed by atoms with Crippen molar-refractivity contribution in [3.63, 3.8) is 0 Å². The predicted octanol–water partition coefficient (Wildman–Crippen LogP) is 2.22. The summed E-state index contributed by atoms with van der Waals surface area (Å²) in [6.45, 7) is 2.11. The zero-order valence-corrected chi connectivity index (χ0v) is 14.8. The molecule has 0 radical (unpaired) electrons. The number of hydrogen-bond acceptors (Lipinski definition) is 4. The number of carbonyl (C=O) groups is 2. The molecule has 148 valence electrons. The highest BCUT2D eigenvalue weighted by Gasteiger charge is 2.38. The lowest BCUT2D eigenvalue weighted by atomic mass is 9.88. The number of urea groups is 1. The number of piperidine rings is 1. The van der Waals surface area contributed by atoms with E-state index in [2.05, 4.69) is 0 Å². The molecule has 2 aliphatic heterocycles. The van der Waals surface area contributed by atoms with Gasteiger partial charge < -0.3 is 19.6 Å². The molecule has 2 saturated heterocycles. The van der Waals surface area contributed by atoms with Crippen molar-refractivity contribution in [2.45, 2.75) is 37.6 Å². The summed E-state index contributed by atoms with van der Waals surface area (Å²) < 4.78 is 44.3. The highest BCUT2D eigenvalue weighted by Crippen LogP contribution is 2.34. The largest absolute Gasteiger partial charge is 0.461 e. The van der Waals surface area contributed by atoms with Gasteiger partial charge in [-0.15, -0.1) is 0 Å². The lowest BCUT2D eigenvalue weighted by Gasteiger charge is -2.43. The first kappa shape index (κ1) is 19.5. The molecule has 1 N–H and O–H groups in total. The fourth-order valence-corrected chi connectivity index (χ4v) is 3.55. The van der Waals surface area contributed by atoms with Gasteiger partial charge in [0.15, 0.2) is 0 Å². The molecule has 1 aromatic carbocycles. The number of halogens is 3. The number of amides is 2. The van der Waals surface area contributed by atoms with Gasteiger partial charge in [0.2, 0.25) is 0 Å². The Hall–Kier alpha value is -2.29. The Morgan fingerprint density at radius 1 is 1.15 bits per heavy atom. The minimum atomic E-state index is -4.46. The lowest BCUT2D eigenvalue weighted by molar-refractivity contribution is -0.148. The fraction of sp³-hybridized carbons (Fsp3) is 0.556. The number of aliphatic hydroxyl groups is 1. The van der Waals surface area contributed by atoms with Crippen molar-refractivity contribution in [3.05, 3.63) is 35.4 Å². The van der Waals surface area contributed by atoms with E-state index in [9.17, 15) is 27.9 Å². The summed E-state index contributed by atoms with van der Waals surface area (Å²) in [5.74, 6) is -0.892. The zero-order chi connectivity index (χ0) is 19.8. The Balaban J connectivity index is 1.81. The van der Waals surface area contributed by atoms with Gasteiger partial charge in [0.25, 0.3) is 0 Å². The van der Waals surface area contributed by atoms with Crippen LogP contribution < -0.4 is 0 Å². The maximum absolute atomic E-state index is 13.0. The van der Waals surface area contributed by atoms with E-state index in [4.69, 9.17) is 4.74 Å². The number of nitrogens with zero attached hydrogens (tertiary/aromatic N) is 2. The van der Waals surface area contributed by atoms with E-state index in [1.165, 1.54) is 22.8 Å². The van der Waals surface area contributed by atoms with E-state index < -0.39 is 29.9 Å². The number of benzene rings is 1. The molecule has 2 unspecified atom stereocenters. The molecule has 9 heteroatoms. The van der Waals surface area contributed by atoms with E-state index in [0.29, 0.717) is 12.0 Å². The first-order chi connectivity index (χ1) is 12.6. The van der Waals surface area contributed by atoms with Gasteiger partial charge in [0.1, 0.15) is 6.10 Å². The molecule has 0 saturated carbocycles.